The Kier molecular flexibility index (Phi) is 7.14. The van der Waals surface area contributed by atoms with Crippen LogP contribution in [0.5, 0.6) is 0 Å². The van der Waals surface area contributed by atoms with E-state index in [0.29, 0.717) is 35.4 Å². The molecule has 2 heterocycles. The molecule has 1 aromatic heterocycles. The molecule has 170 valence electrons. The Morgan fingerprint density at radius 3 is 2.21 bits per heavy atom. The van der Waals surface area contributed by atoms with Crippen LogP contribution in [0, 0.1) is 0 Å². The lowest BCUT2D eigenvalue weighted by atomic mass is 10.0. The lowest BCUT2D eigenvalue weighted by molar-refractivity contribution is -0.114. The summed E-state index contributed by atoms with van der Waals surface area (Å²) in [6.45, 7) is 4.11. The number of aromatic nitrogens is 2. The highest BCUT2D eigenvalue weighted by atomic mass is 79.9. The number of nitrogens with one attached hydrogen (secondary N) is 1. The van der Waals surface area contributed by atoms with Crippen molar-refractivity contribution in [1.82, 2.24) is 9.78 Å². The van der Waals surface area contributed by atoms with Crippen molar-refractivity contribution in [3.8, 4) is 5.69 Å². The summed E-state index contributed by atoms with van der Waals surface area (Å²) in [5, 5.41) is 9.28. The molecule has 3 aromatic rings. The summed E-state index contributed by atoms with van der Waals surface area (Å²) in [5.41, 5.74) is 3.69. The SMILES string of the molecule is CCCC1=NN(c2cccc(Br)c2)C(=O)/C1=C\c1c(CCC)[nH]n(-c2cccc(Br)c2)c1=O. The Hall–Kier alpha value is -2.71. The van der Waals surface area contributed by atoms with Crippen LogP contribution in [0.2, 0.25) is 0 Å². The normalized spacial score (nSPS) is 14.9. The highest BCUT2D eigenvalue weighted by Gasteiger charge is 2.31. The molecule has 0 fully saturated rings. The molecule has 0 unspecified atom stereocenters. The van der Waals surface area contributed by atoms with Crippen LogP contribution in [0.15, 0.2) is 72.9 Å². The second kappa shape index (κ2) is 10.1. The first-order chi connectivity index (χ1) is 15.9. The van der Waals surface area contributed by atoms with Crippen molar-refractivity contribution in [2.45, 2.75) is 39.5 Å². The van der Waals surface area contributed by atoms with Gasteiger partial charge < -0.3 is 0 Å². The Morgan fingerprint density at radius 2 is 1.58 bits per heavy atom. The van der Waals surface area contributed by atoms with Crippen LogP contribution in [0.3, 0.4) is 0 Å². The van der Waals surface area contributed by atoms with Crippen molar-refractivity contribution in [2.75, 3.05) is 5.01 Å². The summed E-state index contributed by atoms with van der Waals surface area (Å²) in [7, 11) is 0. The fourth-order valence-corrected chi connectivity index (χ4v) is 4.61. The lowest BCUT2D eigenvalue weighted by Crippen LogP contribution is -2.22. The van der Waals surface area contributed by atoms with Gasteiger partial charge in [-0.3, -0.25) is 14.7 Å². The van der Waals surface area contributed by atoms with Crippen LogP contribution in [0.1, 0.15) is 44.4 Å². The van der Waals surface area contributed by atoms with Gasteiger partial charge in [-0.05, 0) is 55.3 Å². The van der Waals surface area contributed by atoms with Gasteiger partial charge in [0.05, 0.1) is 28.2 Å². The highest BCUT2D eigenvalue weighted by Crippen LogP contribution is 2.29. The van der Waals surface area contributed by atoms with Gasteiger partial charge in [-0.1, -0.05) is 70.7 Å². The van der Waals surface area contributed by atoms with E-state index in [1.54, 1.807) is 6.08 Å². The monoisotopic (exact) mass is 570 g/mol. The minimum atomic E-state index is -0.228. The molecular formula is C25H24Br2N4O2. The third-order valence-corrected chi connectivity index (χ3v) is 6.34. The number of benzene rings is 2. The molecule has 0 saturated heterocycles. The molecule has 0 atom stereocenters. The number of amides is 1. The van der Waals surface area contributed by atoms with Gasteiger partial charge in [-0.25, -0.2) is 4.68 Å². The summed E-state index contributed by atoms with van der Waals surface area (Å²) < 4.78 is 3.28. The lowest BCUT2D eigenvalue weighted by Gasteiger charge is -2.11. The molecule has 0 radical (unpaired) electrons. The molecule has 0 saturated carbocycles. The van der Waals surface area contributed by atoms with Gasteiger partial charge in [-0.2, -0.15) is 10.1 Å². The van der Waals surface area contributed by atoms with Crippen molar-refractivity contribution in [3.63, 3.8) is 0 Å². The summed E-state index contributed by atoms with van der Waals surface area (Å²) in [5.74, 6) is -0.228. The Balaban J connectivity index is 1.82. The smallest absolute Gasteiger partial charge is 0.280 e. The molecular weight excluding hydrogens is 548 g/mol. The quantitative estimate of drug-likeness (QED) is 0.341. The number of rotatable bonds is 7. The first-order valence-electron chi connectivity index (χ1n) is 10.9. The molecule has 1 amide bonds. The van der Waals surface area contributed by atoms with Gasteiger partial charge in [0.25, 0.3) is 11.5 Å². The summed E-state index contributed by atoms with van der Waals surface area (Å²) in [6.07, 6.45) is 4.76. The molecule has 0 bridgehead atoms. The standard InChI is InChI=1S/C25H24Br2N4O2/c1-3-7-22-20(24(32)30(28-22)18-11-5-9-16(26)13-18)15-21-23(8-4-2)29-31(25(21)33)19-12-6-10-17(27)14-19/h5-6,9-15,28H,3-4,7-8H2,1-2H3/b21-15-. The number of hydrogen-bond donors (Lipinski definition) is 1. The average molecular weight is 572 g/mol. The zero-order chi connectivity index (χ0) is 23.5. The first-order valence-corrected chi connectivity index (χ1v) is 12.5. The van der Waals surface area contributed by atoms with E-state index in [1.807, 2.05) is 55.5 Å². The van der Waals surface area contributed by atoms with Crippen LogP contribution in [-0.4, -0.2) is 21.4 Å². The summed E-state index contributed by atoms with van der Waals surface area (Å²) in [6, 6.07) is 15.0. The Bertz CT molecular complexity index is 1320. The third-order valence-electron chi connectivity index (χ3n) is 5.35. The number of nitrogens with zero attached hydrogens (tertiary/aromatic N) is 3. The van der Waals surface area contributed by atoms with Gasteiger partial charge in [0.2, 0.25) is 0 Å². The number of H-pyrrole nitrogens is 1. The van der Waals surface area contributed by atoms with Gasteiger partial charge in [0.1, 0.15) is 0 Å². The van der Waals surface area contributed by atoms with E-state index in [0.717, 1.165) is 33.2 Å². The average Bonchev–Trinajstić information content (AvgIpc) is 3.26. The molecule has 33 heavy (non-hydrogen) atoms. The molecule has 4 rings (SSSR count). The second-order valence-electron chi connectivity index (χ2n) is 7.83. The highest BCUT2D eigenvalue weighted by molar-refractivity contribution is 9.10. The van der Waals surface area contributed by atoms with Crippen LogP contribution < -0.4 is 10.6 Å². The number of aryl methyl sites for hydroxylation is 1. The maximum atomic E-state index is 13.4. The van der Waals surface area contributed by atoms with Gasteiger partial charge in [0, 0.05) is 14.6 Å². The van der Waals surface area contributed by atoms with Crippen molar-refractivity contribution in [1.29, 1.82) is 0 Å². The summed E-state index contributed by atoms with van der Waals surface area (Å²) >= 11 is 6.92. The number of carbonyl (C=O) groups excluding carboxylic acids is 1. The predicted octanol–water partition coefficient (Wildman–Crippen LogP) is 6.23. The third kappa shape index (κ3) is 4.82. The van der Waals surface area contributed by atoms with E-state index >= 15 is 0 Å². The van der Waals surface area contributed by atoms with Gasteiger partial charge in [0.15, 0.2) is 0 Å². The Labute approximate surface area is 209 Å². The largest absolute Gasteiger partial charge is 0.294 e. The fraction of sp³-hybridized carbons (Fsp3) is 0.240. The Morgan fingerprint density at radius 1 is 0.939 bits per heavy atom. The van der Waals surface area contributed by atoms with E-state index in [-0.39, 0.29) is 11.5 Å². The maximum Gasteiger partial charge on any atom is 0.280 e. The number of anilines is 1. The molecule has 0 spiro atoms. The zero-order valence-electron chi connectivity index (χ0n) is 18.4. The molecule has 1 aliphatic heterocycles. The van der Waals surface area contributed by atoms with E-state index in [2.05, 4.69) is 49.0 Å². The number of halogens is 2. The first kappa shape index (κ1) is 23.4. The minimum Gasteiger partial charge on any atom is -0.294 e. The predicted molar refractivity (Wildman–Crippen MR) is 140 cm³/mol. The fourth-order valence-electron chi connectivity index (χ4n) is 3.83. The molecule has 0 aliphatic carbocycles. The minimum absolute atomic E-state index is 0.186. The molecule has 2 aromatic carbocycles. The van der Waals surface area contributed by atoms with E-state index < -0.39 is 0 Å². The van der Waals surface area contributed by atoms with Crippen LogP contribution in [0.4, 0.5) is 5.69 Å². The number of hydrogen-bond acceptors (Lipinski definition) is 3. The van der Waals surface area contributed by atoms with Crippen LogP contribution in [-0.2, 0) is 11.2 Å². The zero-order valence-corrected chi connectivity index (χ0v) is 21.6. The van der Waals surface area contributed by atoms with Crippen molar-refractivity contribution in [3.05, 3.63) is 84.7 Å². The van der Waals surface area contributed by atoms with E-state index in [1.165, 1.54) is 9.69 Å². The molecule has 1 aliphatic rings. The van der Waals surface area contributed by atoms with E-state index in [9.17, 15) is 9.59 Å². The van der Waals surface area contributed by atoms with Crippen LogP contribution >= 0.6 is 31.9 Å². The van der Waals surface area contributed by atoms with Crippen LogP contribution in [0.25, 0.3) is 11.8 Å². The van der Waals surface area contributed by atoms with Crippen molar-refractivity contribution in [2.24, 2.45) is 5.10 Å². The molecule has 1 N–H and O–H groups in total. The van der Waals surface area contributed by atoms with Crippen molar-refractivity contribution < 1.29 is 4.79 Å². The van der Waals surface area contributed by atoms with Crippen molar-refractivity contribution >= 4 is 55.2 Å². The van der Waals surface area contributed by atoms with Gasteiger partial charge in [-0.15, -0.1) is 0 Å². The maximum absolute atomic E-state index is 13.4. The number of hydrazone groups is 1. The van der Waals surface area contributed by atoms with E-state index in [4.69, 9.17) is 0 Å². The molecule has 6 nitrogen and oxygen atoms in total. The van der Waals surface area contributed by atoms with Gasteiger partial charge >= 0.3 is 0 Å². The topological polar surface area (TPSA) is 70.5 Å². The molecule has 8 heteroatoms. The summed E-state index contributed by atoms with van der Waals surface area (Å²) in [4.78, 5) is 26.8. The second-order valence-corrected chi connectivity index (χ2v) is 9.66. The number of carbonyl (C=O) groups is 1. The number of aromatic amines is 1.